The molecule has 0 aromatic heterocycles. The minimum Gasteiger partial charge on any atom is -0.379 e. The van der Waals surface area contributed by atoms with Crippen molar-refractivity contribution in [3.05, 3.63) is 29.8 Å². The van der Waals surface area contributed by atoms with Gasteiger partial charge in [-0.2, -0.15) is 0 Å². The van der Waals surface area contributed by atoms with Crippen molar-refractivity contribution in [1.29, 1.82) is 0 Å². The van der Waals surface area contributed by atoms with E-state index in [1.807, 2.05) is 26.0 Å². The zero-order valence-corrected chi connectivity index (χ0v) is 11.5. The van der Waals surface area contributed by atoms with Crippen LogP contribution >= 0.6 is 0 Å². The molecule has 0 radical (unpaired) electrons. The molecule has 2 N–H and O–H groups in total. The molecular formula is C13H19NO3S. The SMILES string of the molecule is CC(C)(N)Cc1ccccc1S(=O)(=O)C1COC1. The Balaban J connectivity index is 2.38. The lowest BCUT2D eigenvalue weighted by Gasteiger charge is -2.27. The first kappa shape index (κ1) is 13.5. The Hall–Kier alpha value is -0.910. The maximum Gasteiger partial charge on any atom is 0.186 e. The molecule has 1 aromatic rings. The van der Waals surface area contributed by atoms with Crippen molar-refractivity contribution in [3.63, 3.8) is 0 Å². The van der Waals surface area contributed by atoms with Crippen LogP contribution in [0.5, 0.6) is 0 Å². The first-order valence-electron chi connectivity index (χ1n) is 5.99. The summed E-state index contributed by atoms with van der Waals surface area (Å²) in [7, 11) is -3.29. The van der Waals surface area contributed by atoms with Crippen molar-refractivity contribution in [2.24, 2.45) is 5.73 Å². The molecule has 1 aliphatic rings. The molecule has 0 unspecified atom stereocenters. The van der Waals surface area contributed by atoms with Crippen LogP contribution in [0.15, 0.2) is 29.2 Å². The number of sulfone groups is 1. The molecule has 100 valence electrons. The number of ether oxygens (including phenoxy) is 1. The second-order valence-corrected chi connectivity index (χ2v) is 7.67. The van der Waals surface area contributed by atoms with E-state index in [0.29, 0.717) is 24.5 Å². The van der Waals surface area contributed by atoms with Crippen LogP contribution in [0.4, 0.5) is 0 Å². The normalized spacial score (nSPS) is 17.5. The zero-order valence-electron chi connectivity index (χ0n) is 10.7. The molecule has 0 bridgehead atoms. The van der Waals surface area contributed by atoms with Gasteiger partial charge in [0, 0.05) is 5.54 Å². The van der Waals surface area contributed by atoms with Crippen LogP contribution in [0.3, 0.4) is 0 Å². The van der Waals surface area contributed by atoms with Crippen LogP contribution in [0.2, 0.25) is 0 Å². The van der Waals surface area contributed by atoms with Gasteiger partial charge in [-0.05, 0) is 31.9 Å². The third kappa shape index (κ3) is 2.74. The van der Waals surface area contributed by atoms with Crippen molar-refractivity contribution in [2.45, 2.75) is 36.0 Å². The van der Waals surface area contributed by atoms with Crippen molar-refractivity contribution >= 4 is 9.84 Å². The quantitative estimate of drug-likeness (QED) is 0.890. The highest BCUT2D eigenvalue weighted by Gasteiger charge is 2.35. The number of rotatable bonds is 4. The summed E-state index contributed by atoms with van der Waals surface area (Å²) in [6, 6.07) is 7.09. The van der Waals surface area contributed by atoms with E-state index >= 15 is 0 Å². The first-order valence-corrected chi connectivity index (χ1v) is 7.54. The van der Waals surface area contributed by atoms with Gasteiger partial charge in [0.1, 0.15) is 5.25 Å². The Morgan fingerprint density at radius 1 is 1.33 bits per heavy atom. The predicted octanol–water partition coefficient (Wildman–Crippen LogP) is 1.14. The Morgan fingerprint density at radius 3 is 2.44 bits per heavy atom. The highest BCUT2D eigenvalue weighted by molar-refractivity contribution is 7.92. The lowest BCUT2D eigenvalue weighted by atomic mass is 9.96. The standard InChI is InChI=1S/C13H19NO3S/c1-13(2,14)7-10-5-3-4-6-12(10)18(15,16)11-8-17-9-11/h3-6,11H,7-9,14H2,1-2H3. The van der Waals surface area contributed by atoms with E-state index in [-0.39, 0.29) is 0 Å². The molecule has 0 spiro atoms. The molecule has 0 amide bonds. The van der Waals surface area contributed by atoms with Gasteiger partial charge in [-0.3, -0.25) is 0 Å². The van der Waals surface area contributed by atoms with E-state index < -0.39 is 20.6 Å². The molecule has 1 aromatic carbocycles. The second kappa shape index (κ2) is 4.64. The lowest BCUT2D eigenvalue weighted by Crippen LogP contribution is -2.41. The summed E-state index contributed by atoms with van der Waals surface area (Å²) in [5, 5.41) is -0.403. The molecule has 1 aliphatic heterocycles. The second-order valence-electron chi connectivity index (χ2n) is 5.48. The van der Waals surface area contributed by atoms with Crippen molar-refractivity contribution in [2.75, 3.05) is 13.2 Å². The molecule has 0 saturated carbocycles. The van der Waals surface area contributed by atoms with Gasteiger partial charge < -0.3 is 10.5 Å². The van der Waals surface area contributed by atoms with Crippen LogP contribution in [0.1, 0.15) is 19.4 Å². The van der Waals surface area contributed by atoms with E-state index in [1.54, 1.807) is 12.1 Å². The highest BCUT2D eigenvalue weighted by Crippen LogP contribution is 2.26. The monoisotopic (exact) mass is 269 g/mol. The molecule has 0 atom stereocenters. The van der Waals surface area contributed by atoms with Gasteiger partial charge >= 0.3 is 0 Å². The van der Waals surface area contributed by atoms with Gasteiger partial charge in [-0.15, -0.1) is 0 Å². The maximum atomic E-state index is 12.4. The van der Waals surface area contributed by atoms with Gasteiger partial charge in [-0.1, -0.05) is 18.2 Å². The summed E-state index contributed by atoms with van der Waals surface area (Å²) in [6.07, 6.45) is 0.538. The molecule has 1 saturated heterocycles. The van der Waals surface area contributed by atoms with E-state index in [2.05, 4.69) is 0 Å². The fourth-order valence-electron chi connectivity index (χ4n) is 1.99. The molecule has 18 heavy (non-hydrogen) atoms. The number of benzene rings is 1. The Bertz CT molecular complexity index is 527. The molecule has 5 heteroatoms. The largest absolute Gasteiger partial charge is 0.379 e. The van der Waals surface area contributed by atoms with Crippen LogP contribution in [0, 0.1) is 0 Å². The van der Waals surface area contributed by atoms with Crippen LogP contribution in [-0.2, 0) is 21.0 Å². The first-order chi connectivity index (χ1) is 8.31. The van der Waals surface area contributed by atoms with Gasteiger partial charge in [0.2, 0.25) is 0 Å². The average molecular weight is 269 g/mol. The third-order valence-electron chi connectivity index (χ3n) is 2.97. The Labute approximate surface area is 108 Å². The predicted molar refractivity (Wildman–Crippen MR) is 70.2 cm³/mol. The minimum atomic E-state index is -3.29. The van der Waals surface area contributed by atoms with Crippen LogP contribution < -0.4 is 5.73 Å². The number of nitrogens with two attached hydrogens (primary N) is 1. The van der Waals surface area contributed by atoms with Gasteiger partial charge in [-0.25, -0.2) is 8.42 Å². The zero-order chi connectivity index (χ0) is 13.4. The summed E-state index contributed by atoms with van der Waals surface area (Å²) in [6.45, 7) is 4.37. The number of hydrogen-bond donors (Lipinski definition) is 1. The molecule has 1 heterocycles. The van der Waals surface area contributed by atoms with Gasteiger partial charge in [0.05, 0.1) is 18.1 Å². The molecule has 2 rings (SSSR count). The Morgan fingerprint density at radius 2 is 1.94 bits per heavy atom. The highest BCUT2D eigenvalue weighted by atomic mass is 32.2. The van der Waals surface area contributed by atoms with E-state index in [1.165, 1.54) is 0 Å². The summed E-state index contributed by atoms with van der Waals surface area (Å²) in [4.78, 5) is 0.400. The molecular weight excluding hydrogens is 250 g/mol. The minimum absolute atomic E-state index is 0.294. The third-order valence-corrected chi connectivity index (χ3v) is 5.13. The van der Waals surface area contributed by atoms with Crippen molar-refractivity contribution in [1.82, 2.24) is 0 Å². The summed E-state index contributed by atoms with van der Waals surface area (Å²) < 4.78 is 29.8. The average Bonchev–Trinajstić information content (AvgIpc) is 2.11. The van der Waals surface area contributed by atoms with E-state index in [9.17, 15) is 8.42 Å². The topological polar surface area (TPSA) is 69.4 Å². The lowest BCUT2D eigenvalue weighted by molar-refractivity contribution is 0.0416. The van der Waals surface area contributed by atoms with Crippen molar-refractivity contribution in [3.8, 4) is 0 Å². The summed E-state index contributed by atoms with van der Waals surface area (Å²) >= 11 is 0. The number of hydrogen-bond acceptors (Lipinski definition) is 4. The fourth-order valence-corrected chi connectivity index (χ4v) is 3.67. The Kier molecular flexibility index (Phi) is 3.49. The summed E-state index contributed by atoms with van der Waals surface area (Å²) in [5.41, 5.74) is 6.34. The van der Waals surface area contributed by atoms with Gasteiger partial charge in [0.25, 0.3) is 0 Å². The van der Waals surface area contributed by atoms with E-state index in [4.69, 9.17) is 10.5 Å². The van der Waals surface area contributed by atoms with E-state index in [0.717, 1.165) is 5.56 Å². The van der Waals surface area contributed by atoms with Crippen LogP contribution in [0.25, 0.3) is 0 Å². The maximum absolute atomic E-state index is 12.4. The van der Waals surface area contributed by atoms with Gasteiger partial charge in [0.15, 0.2) is 9.84 Å². The summed E-state index contributed by atoms with van der Waals surface area (Å²) in [5.74, 6) is 0. The smallest absolute Gasteiger partial charge is 0.186 e. The molecule has 4 nitrogen and oxygen atoms in total. The van der Waals surface area contributed by atoms with Crippen LogP contribution in [-0.4, -0.2) is 32.4 Å². The van der Waals surface area contributed by atoms with Crippen molar-refractivity contribution < 1.29 is 13.2 Å². The molecule has 0 aliphatic carbocycles. The fraction of sp³-hybridized carbons (Fsp3) is 0.538. The molecule has 1 fully saturated rings.